The third-order valence-corrected chi connectivity index (χ3v) is 4.78. The second-order valence-electron chi connectivity index (χ2n) is 4.10. The Morgan fingerprint density at radius 1 is 1.33 bits per heavy atom. The first-order chi connectivity index (χ1) is 8.33. The molecule has 1 saturated heterocycles. The molecule has 0 spiro atoms. The lowest BCUT2D eigenvalue weighted by Crippen LogP contribution is -2.30. The lowest BCUT2D eigenvalue weighted by Gasteiger charge is -2.15. The van der Waals surface area contributed by atoms with Crippen LogP contribution in [0.25, 0.3) is 0 Å². The summed E-state index contributed by atoms with van der Waals surface area (Å²) < 4.78 is 24.4. The van der Waals surface area contributed by atoms with Crippen molar-refractivity contribution in [2.75, 3.05) is 10.1 Å². The van der Waals surface area contributed by atoms with Gasteiger partial charge in [0.1, 0.15) is 0 Å². The molecular formula is C11H10ClNO4S. The van der Waals surface area contributed by atoms with Crippen LogP contribution in [0, 0.1) is 5.92 Å². The fourth-order valence-corrected chi connectivity index (χ4v) is 3.76. The molecule has 1 aliphatic rings. The Bertz CT molecular complexity index is 608. The van der Waals surface area contributed by atoms with Crippen molar-refractivity contribution in [3.05, 3.63) is 29.8 Å². The molecule has 1 unspecified atom stereocenters. The van der Waals surface area contributed by atoms with Crippen molar-refractivity contribution >= 4 is 38.5 Å². The molecule has 1 aromatic rings. The van der Waals surface area contributed by atoms with E-state index in [-0.39, 0.29) is 17.0 Å². The summed E-state index contributed by atoms with van der Waals surface area (Å²) in [6.07, 6.45) is 0. The standard InChI is InChI=1S/C11H10ClNO4S/c1-7-6-18(16,17)13(11(7)15)9-4-2-8(3-5-9)10(12)14/h2-5,7H,6H2,1H3. The highest BCUT2D eigenvalue weighted by molar-refractivity contribution is 7.94. The van der Waals surface area contributed by atoms with E-state index >= 15 is 0 Å². The average molecular weight is 288 g/mol. The zero-order chi connectivity index (χ0) is 13.5. The Kier molecular flexibility index (Phi) is 3.16. The maximum absolute atomic E-state index is 11.8. The molecule has 2 rings (SSSR count). The van der Waals surface area contributed by atoms with Crippen molar-refractivity contribution in [2.45, 2.75) is 6.92 Å². The summed E-state index contributed by atoms with van der Waals surface area (Å²) in [6, 6.07) is 5.55. The van der Waals surface area contributed by atoms with E-state index in [0.717, 1.165) is 4.31 Å². The van der Waals surface area contributed by atoms with Gasteiger partial charge in [-0.3, -0.25) is 9.59 Å². The molecule has 5 nitrogen and oxygen atoms in total. The Morgan fingerprint density at radius 3 is 2.28 bits per heavy atom. The molecule has 1 amide bonds. The van der Waals surface area contributed by atoms with Gasteiger partial charge >= 0.3 is 0 Å². The molecule has 0 aromatic heterocycles. The first-order valence-electron chi connectivity index (χ1n) is 5.19. The minimum atomic E-state index is -3.61. The minimum Gasteiger partial charge on any atom is -0.276 e. The van der Waals surface area contributed by atoms with Gasteiger partial charge in [0.15, 0.2) is 0 Å². The van der Waals surface area contributed by atoms with Crippen LogP contribution >= 0.6 is 11.6 Å². The van der Waals surface area contributed by atoms with E-state index < -0.39 is 27.1 Å². The van der Waals surface area contributed by atoms with Gasteiger partial charge in [0.25, 0.3) is 5.24 Å². The summed E-state index contributed by atoms with van der Waals surface area (Å²) in [5.74, 6) is -1.20. The predicted molar refractivity (Wildman–Crippen MR) is 67.1 cm³/mol. The molecule has 0 aliphatic carbocycles. The molecule has 1 fully saturated rings. The fraction of sp³-hybridized carbons (Fsp3) is 0.273. The third kappa shape index (κ3) is 2.13. The Labute approximate surface area is 109 Å². The second kappa shape index (κ2) is 4.37. The van der Waals surface area contributed by atoms with Crippen LogP contribution < -0.4 is 4.31 Å². The predicted octanol–water partition coefficient (Wildman–Crippen LogP) is 1.38. The normalized spacial score (nSPS) is 22.2. The molecule has 0 radical (unpaired) electrons. The molecule has 18 heavy (non-hydrogen) atoms. The number of hydrogen-bond acceptors (Lipinski definition) is 4. The summed E-state index contributed by atoms with van der Waals surface area (Å²) in [4.78, 5) is 22.7. The van der Waals surface area contributed by atoms with E-state index in [9.17, 15) is 18.0 Å². The molecule has 1 atom stereocenters. The molecule has 1 heterocycles. The number of sulfonamides is 1. The molecule has 7 heteroatoms. The molecule has 1 aliphatic heterocycles. The van der Waals surface area contributed by atoms with Gasteiger partial charge in [-0.2, -0.15) is 0 Å². The van der Waals surface area contributed by atoms with Crippen LogP contribution in [0.2, 0.25) is 0 Å². The second-order valence-corrected chi connectivity index (χ2v) is 6.31. The molecule has 0 saturated carbocycles. The maximum Gasteiger partial charge on any atom is 0.252 e. The summed E-state index contributed by atoms with van der Waals surface area (Å²) in [5.41, 5.74) is 0.475. The van der Waals surface area contributed by atoms with Gasteiger partial charge in [-0.05, 0) is 35.9 Å². The largest absolute Gasteiger partial charge is 0.276 e. The van der Waals surface area contributed by atoms with Crippen LogP contribution in [0.5, 0.6) is 0 Å². The first-order valence-corrected chi connectivity index (χ1v) is 7.18. The Balaban J connectivity index is 2.43. The SMILES string of the molecule is CC1CS(=O)(=O)N(c2ccc(C(=O)Cl)cc2)C1=O. The first kappa shape index (κ1) is 13.0. The van der Waals surface area contributed by atoms with Crippen molar-refractivity contribution in [3.8, 4) is 0 Å². The number of amides is 1. The lowest BCUT2D eigenvalue weighted by atomic mass is 10.2. The van der Waals surface area contributed by atoms with Crippen molar-refractivity contribution in [1.29, 1.82) is 0 Å². The smallest absolute Gasteiger partial charge is 0.252 e. The van der Waals surface area contributed by atoms with Crippen molar-refractivity contribution in [2.24, 2.45) is 5.92 Å². The van der Waals surface area contributed by atoms with E-state index in [1.165, 1.54) is 24.3 Å². The summed E-state index contributed by atoms with van der Waals surface area (Å²) in [7, 11) is -3.61. The lowest BCUT2D eigenvalue weighted by molar-refractivity contribution is -0.119. The van der Waals surface area contributed by atoms with E-state index in [1.54, 1.807) is 6.92 Å². The van der Waals surface area contributed by atoms with Gasteiger partial charge in [0, 0.05) is 5.56 Å². The van der Waals surface area contributed by atoms with Gasteiger partial charge in [-0.25, -0.2) is 12.7 Å². The number of carbonyl (C=O) groups excluding carboxylic acids is 2. The number of rotatable bonds is 2. The van der Waals surface area contributed by atoms with Crippen LogP contribution in [0.3, 0.4) is 0 Å². The monoisotopic (exact) mass is 287 g/mol. The molecule has 0 N–H and O–H groups in total. The van der Waals surface area contributed by atoms with Gasteiger partial charge < -0.3 is 0 Å². The quantitative estimate of drug-likeness (QED) is 0.770. The maximum atomic E-state index is 11.8. The van der Waals surface area contributed by atoms with Crippen LogP contribution in [0.15, 0.2) is 24.3 Å². The molecule has 1 aromatic carbocycles. The summed E-state index contributed by atoms with van der Waals surface area (Å²) in [5, 5.41) is -0.634. The van der Waals surface area contributed by atoms with Crippen molar-refractivity contribution < 1.29 is 18.0 Å². The topological polar surface area (TPSA) is 71.5 Å². The highest BCUT2D eigenvalue weighted by Crippen LogP contribution is 2.28. The van der Waals surface area contributed by atoms with Crippen LogP contribution in [0.1, 0.15) is 17.3 Å². The van der Waals surface area contributed by atoms with E-state index in [0.29, 0.717) is 0 Å². The zero-order valence-corrected chi connectivity index (χ0v) is 11.0. The number of hydrogen-bond donors (Lipinski definition) is 0. The summed E-state index contributed by atoms with van der Waals surface area (Å²) >= 11 is 5.29. The molecule has 0 bridgehead atoms. The number of carbonyl (C=O) groups is 2. The molecular weight excluding hydrogens is 278 g/mol. The Morgan fingerprint density at radius 2 is 1.89 bits per heavy atom. The van der Waals surface area contributed by atoms with E-state index in [1.807, 2.05) is 0 Å². The average Bonchev–Trinajstić information content (AvgIpc) is 2.48. The number of benzene rings is 1. The minimum absolute atomic E-state index is 0.192. The highest BCUT2D eigenvalue weighted by Gasteiger charge is 2.41. The number of halogens is 1. The third-order valence-electron chi connectivity index (χ3n) is 2.69. The fourth-order valence-electron chi connectivity index (χ4n) is 1.81. The zero-order valence-electron chi connectivity index (χ0n) is 9.46. The summed E-state index contributed by atoms with van der Waals surface area (Å²) in [6.45, 7) is 1.57. The van der Waals surface area contributed by atoms with Crippen molar-refractivity contribution in [1.82, 2.24) is 0 Å². The van der Waals surface area contributed by atoms with Gasteiger partial charge in [-0.1, -0.05) is 6.92 Å². The molecule has 96 valence electrons. The Hall–Kier alpha value is -1.40. The van der Waals surface area contributed by atoms with Crippen LogP contribution in [-0.4, -0.2) is 25.3 Å². The number of nitrogens with zero attached hydrogens (tertiary/aromatic N) is 1. The number of anilines is 1. The van der Waals surface area contributed by atoms with Gasteiger partial charge in [-0.15, -0.1) is 0 Å². The van der Waals surface area contributed by atoms with Crippen LogP contribution in [0.4, 0.5) is 5.69 Å². The van der Waals surface area contributed by atoms with Gasteiger partial charge in [0.05, 0.1) is 17.4 Å². The van der Waals surface area contributed by atoms with E-state index in [2.05, 4.69) is 0 Å². The van der Waals surface area contributed by atoms with Crippen molar-refractivity contribution in [3.63, 3.8) is 0 Å². The van der Waals surface area contributed by atoms with Gasteiger partial charge in [0.2, 0.25) is 15.9 Å². The van der Waals surface area contributed by atoms with E-state index in [4.69, 9.17) is 11.6 Å². The van der Waals surface area contributed by atoms with Crippen LogP contribution in [-0.2, 0) is 14.8 Å². The highest BCUT2D eigenvalue weighted by atomic mass is 35.5.